The molecule has 0 unspecified atom stereocenters. The highest BCUT2D eigenvalue weighted by molar-refractivity contribution is 6.03. The number of amidine groups is 1. The molecule has 0 radical (unpaired) electrons. The third kappa shape index (κ3) is 5.80. The number of pyridine rings is 1. The highest BCUT2D eigenvalue weighted by Gasteiger charge is 2.43. The minimum atomic E-state index is -3.02. The maximum absolute atomic E-state index is 14.2. The molecular formula is C19H17F5N4O3. The van der Waals surface area contributed by atoms with Gasteiger partial charge in [0.2, 0.25) is 0 Å². The van der Waals surface area contributed by atoms with Crippen molar-refractivity contribution >= 4 is 17.6 Å². The van der Waals surface area contributed by atoms with Crippen LogP contribution in [0.1, 0.15) is 34.0 Å². The van der Waals surface area contributed by atoms with Gasteiger partial charge in [0, 0.05) is 11.6 Å². The predicted molar refractivity (Wildman–Crippen MR) is 99.8 cm³/mol. The second-order valence-electron chi connectivity index (χ2n) is 6.65. The van der Waals surface area contributed by atoms with Crippen LogP contribution < -0.4 is 15.8 Å². The first-order chi connectivity index (χ1) is 14.6. The molecule has 7 nitrogen and oxygen atoms in total. The number of carbonyl (C=O) groups excluding carboxylic acids is 1. The van der Waals surface area contributed by atoms with Gasteiger partial charge in [-0.3, -0.25) is 4.79 Å². The lowest BCUT2D eigenvalue weighted by Crippen LogP contribution is -2.19. The molecule has 166 valence electrons. The molecule has 1 aromatic carbocycles. The molecule has 1 amide bonds. The Labute approximate surface area is 173 Å². The van der Waals surface area contributed by atoms with E-state index < -0.39 is 42.9 Å². The first kappa shape index (κ1) is 22.2. The second kappa shape index (κ2) is 9.14. The number of carbonyl (C=O) groups is 1. The SMILES string of the molecule is Cc1cc(OC(F)F)cnc1C(=O)Nc1ccc(F)c([C@H]2C[C@H]2OC(N)=NC(F)F)c1. The number of aromatic nitrogens is 1. The summed E-state index contributed by atoms with van der Waals surface area (Å²) in [7, 11) is 0. The number of nitrogens with two attached hydrogens (primary N) is 1. The van der Waals surface area contributed by atoms with Crippen molar-refractivity contribution in [2.45, 2.75) is 38.5 Å². The Morgan fingerprint density at radius 1 is 1.29 bits per heavy atom. The van der Waals surface area contributed by atoms with E-state index in [1.54, 1.807) is 0 Å². The van der Waals surface area contributed by atoms with Gasteiger partial charge in [0.05, 0.1) is 6.20 Å². The minimum absolute atomic E-state index is 0.0314. The molecule has 3 rings (SSSR count). The number of alkyl halides is 4. The Balaban J connectivity index is 1.69. The lowest BCUT2D eigenvalue weighted by molar-refractivity contribution is -0.0501. The van der Waals surface area contributed by atoms with Crippen molar-refractivity contribution in [3.63, 3.8) is 0 Å². The van der Waals surface area contributed by atoms with E-state index in [1.165, 1.54) is 25.1 Å². The Hall–Kier alpha value is -3.44. The average molecular weight is 444 g/mol. The van der Waals surface area contributed by atoms with Crippen molar-refractivity contribution in [1.82, 2.24) is 4.98 Å². The fourth-order valence-corrected chi connectivity index (χ4v) is 2.96. The number of anilines is 1. The molecule has 2 aromatic rings. The Kier molecular flexibility index (Phi) is 6.56. The van der Waals surface area contributed by atoms with Crippen molar-refractivity contribution in [3.8, 4) is 5.75 Å². The number of ether oxygens (including phenoxy) is 2. The van der Waals surface area contributed by atoms with Crippen LogP contribution in [0, 0.1) is 12.7 Å². The van der Waals surface area contributed by atoms with Crippen LogP contribution in [0.5, 0.6) is 5.75 Å². The van der Waals surface area contributed by atoms with E-state index in [0.717, 1.165) is 12.3 Å². The molecule has 31 heavy (non-hydrogen) atoms. The Bertz CT molecular complexity index is 1000. The molecule has 0 bridgehead atoms. The molecule has 0 saturated heterocycles. The van der Waals surface area contributed by atoms with Crippen LogP contribution in [0.25, 0.3) is 0 Å². The van der Waals surface area contributed by atoms with E-state index in [1.807, 2.05) is 0 Å². The van der Waals surface area contributed by atoms with Gasteiger partial charge in [-0.15, -0.1) is 0 Å². The summed E-state index contributed by atoms with van der Waals surface area (Å²) in [4.78, 5) is 19.1. The quantitative estimate of drug-likeness (QED) is 0.293. The van der Waals surface area contributed by atoms with Gasteiger partial charge < -0.3 is 20.5 Å². The van der Waals surface area contributed by atoms with Gasteiger partial charge >= 0.3 is 13.2 Å². The zero-order valence-corrected chi connectivity index (χ0v) is 16.0. The Morgan fingerprint density at radius 2 is 2.03 bits per heavy atom. The van der Waals surface area contributed by atoms with Gasteiger partial charge in [0.15, 0.2) is 0 Å². The summed E-state index contributed by atoms with van der Waals surface area (Å²) in [5, 5.41) is 2.55. The van der Waals surface area contributed by atoms with E-state index >= 15 is 0 Å². The number of rotatable bonds is 7. The summed E-state index contributed by atoms with van der Waals surface area (Å²) in [5.74, 6) is -1.85. The standard InChI is InChI=1S/C19H17F5N4O3/c1-8-4-10(30-18(23)24)7-26-15(8)16(29)27-9-2-3-13(20)11(5-9)12-6-14(12)31-19(25)28-17(21)22/h2-5,7,12,14,17-18H,6H2,1H3,(H2,25,28)(H,27,29)/t12-,14-/m1/s1. The topological polar surface area (TPSA) is 98.8 Å². The summed E-state index contributed by atoms with van der Waals surface area (Å²) in [5.41, 5.74) is 5.96. The molecule has 12 heteroatoms. The van der Waals surface area contributed by atoms with Gasteiger partial charge in [-0.25, -0.2) is 9.37 Å². The Morgan fingerprint density at radius 3 is 2.68 bits per heavy atom. The first-order valence-electron chi connectivity index (χ1n) is 8.94. The van der Waals surface area contributed by atoms with Crippen LogP contribution in [-0.4, -0.2) is 36.2 Å². The van der Waals surface area contributed by atoms with Crippen LogP contribution in [0.2, 0.25) is 0 Å². The number of aliphatic imine (C=N–C) groups is 1. The van der Waals surface area contributed by atoms with Crippen molar-refractivity contribution < 1.29 is 36.2 Å². The molecule has 0 spiro atoms. The number of hydrogen-bond donors (Lipinski definition) is 2. The van der Waals surface area contributed by atoms with E-state index in [0.29, 0.717) is 12.0 Å². The van der Waals surface area contributed by atoms with E-state index in [2.05, 4.69) is 20.0 Å². The normalized spacial score (nSPS) is 18.3. The van der Waals surface area contributed by atoms with Crippen molar-refractivity contribution in [3.05, 3.63) is 53.1 Å². The van der Waals surface area contributed by atoms with Crippen LogP contribution in [0.15, 0.2) is 35.5 Å². The largest absolute Gasteiger partial charge is 0.461 e. The monoisotopic (exact) mass is 444 g/mol. The summed E-state index contributed by atoms with van der Waals surface area (Å²) in [6, 6.07) is 4.39. The van der Waals surface area contributed by atoms with Crippen LogP contribution in [0.4, 0.5) is 27.6 Å². The second-order valence-corrected chi connectivity index (χ2v) is 6.65. The van der Waals surface area contributed by atoms with Crippen molar-refractivity contribution in [1.29, 1.82) is 0 Å². The maximum Gasteiger partial charge on any atom is 0.387 e. The van der Waals surface area contributed by atoms with Gasteiger partial charge in [0.25, 0.3) is 11.9 Å². The van der Waals surface area contributed by atoms with E-state index in [9.17, 15) is 26.7 Å². The molecule has 3 N–H and O–H groups in total. The number of benzene rings is 1. The first-order valence-corrected chi connectivity index (χ1v) is 8.94. The number of aryl methyl sites for hydroxylation is 1. The summed E-state index contributed by atoms with van der Waals surface area (Å²) in [6.07, 6.45) is 0.705. The minimum Gasteiger partial charge on any atom is -0.461 e. The zero-order chi connectivity index (χ0) is 22.7. The highest BCUT2D eigenvalue weighted by atomic mass is 19.3. The molecule has 1 aromatic heterocycles. The summed E-state index contributed by atoms with van der Waals surface area (Å²) >= 11 is 0. The fraction of sp³-hybridized carbons (Fsp3) is 0.316. The highest BCUT2D eigenvalue weighted by Crippen LogP contribution is 2.45. The predicted octanol–water partition coefficient (Wildman–Crippen LogP) is 3.79. The van der Waals surface area contributed by atoms with Crippen molar-refractivity contribution in [2.24, 2.45) is 10.7 Å². The van der Waals surface area contributed by atoms with Crippen LogP contribution in [0.3, 0.4) is 0 Å². The number of halogens is 5. The summed E-state index contributed by atoms with van der Waals surface area (Å²) < 4.78 is 72.4. The average Bonchev–Trinajstić information content (AvgIpc) is 3.40. The van der Waals surface area contributed by atoms with Crippen molar-refractivity contribution in [2.75, 3.05) is 5.32 Å². The lowest BCUT2D eigenvalue weighted by Gasteiger charge is -2.11. The third-order valence-electron chi connectivity index (χ3n) is 4.38. The van der Waals surface area contributed by atoms with E-state index in [-0.39, 0.29) is 22.7 Å². The van der Waals surface area contributed by atoms with Gasteiger partial charge in [-0.05, 0) is 48.7 Å². The molecule has 1 aliphatic carbocycles. The smallest absolute Gasteiger partial charge is 0.387 e. The lowest BCUT2D eigenvalue weighted by atomic mass is 10.1. The fourth-order valence-electron chi connectivity index (χ4n) is 2.96. The molecular weight excluding hydrogens is 427 g/mol. The molecule has 1 fully saturated rings. The molecule has 0 aliphatic heterocycles. The van der Waals surface area contributed by atoms with Crippen LogP contribution in [-0.2, 0) is 4.74 Å². The third-order valence-corrected chi connectivity index (χ3v) is 4.38. The number of hydrogen-bond acceptors (Lipinski definition) is 5. The number of nitrogens with one attached hydrogen (secondary N) is 1. The zero-order valence-electron chi connectivity index (χ0n) is 16.0. The number of amides is 1. The van der Waals surface area contributed by atoms with Gasteiger partial charge in [0.1, 0.15) is 23.4 Å². The van der Waals surface area contributed by atoms with Crippen LogP contribution >= 0.6 is 0 Å². The number of nitrogens with zero attached hydrogens (tertiary/aromatic N) is 2. The summed E-state index contributed by atoms with van der Waals surface area (Å²) in [6.45, 7) is -4.54. The molecule has 2 atom stereocenters. The molecule has 1 heterocycles. The maximum atomic E-state index is 14.2. The van der Waals surface area contributed by atoms with E-state index in [4.69, 9.17) is 10.5 Å². The molecule has 1 aliphatic rings. The van der Waals surface area contributed by atoms with Gasteiger partial charge in [-0.1, -0.05) is 0 Å². The molecule has 1 saturated carbocycles. The van der Waals surface area contributed by atoms with Gasteiger partial charge in [-0.2, -0.15) is 22.6 Å².